The quantitative estimate of drug-likeness (QED) is 0.814. The maximum Gasteiger partial charge on any atom is 0.141 e. The van der Waals surface area contributed by atoms with Crippen molar-refractivity contribution in [2.24, 2.45) is 0 Å². The fraction of sp³-hybridized carbons (Fsp3) is 0.385. The van der Waals surface area contributed by atoms with Gasteiger partial charge in [0.15, 0.2) is 0 Å². The van der Waals surface area contributed by atoms with Crippen LogP contribution in [-0.2, 0) is 13.1 Å². The van der Waals surface area contributed by atoms with Gasteiger partial charge in [0.2, 0.25) is 0 Å². The van der Waals surface area contributed by atoms with E-state index in [-0.39, 0.29) is 12.1 Å². The molecule has 4 nitrogen and oxygen atoms in total. The molecule has 6 heteroatoms. The summed E-state index contributed by atoms with van der Waals surface area (Å²) in [6.45, 7) is 3.68. The Kier molecular flexibility index (Phi) is 4.57. The monoisotopic (exact) mass is 266 g/mol. The lowest BCUT2D eigenvalue weighted by Gasteiger charge is -2.08. The number of aromatic nitrogens is 3. The lowest BCUT2D eigenvalue weighted by atomic mass is 10.2. The van der Waals surface area contributed by atoms with Gasteiger partial charge in [-0.3, -0.25) is 0 Å². The molecule has 0 aliphatic heterocycles. The molecule has 0 radical (unpaired) electrons. The Bertz CT molecular complexity index is 539. The molecule has 1 heterocycles. The summed E-state index contributed by atoms with van der Waals surface area (Å²) in [5.74, 6) is -0.191. The number of hydrogen-bond donors (Lipinski definition) is 1. The Morgan fingerprint density at radius 1 is 1.32 bits per heavy atom. The van der Waals surface area contributed by atoms with Crippen LogP contribution in [0.2, 0.25) is 0 Å². The van der Waals surface area contributed by atoms with Gasteiger partial charge >= 0.3 is 0 Å². The third kappa shape index (κ3) is 3.57. The Hall–Kier alpha value is -1.82. The zero-order valence-electron chi connectivity index (χ0n) is 10.7. The van der Waals surface area contributed by atoms with Gasteiger partial charge in [-0.15, -0.1) is 0 Å². The smallest absolute Gasteiger partial charge is 0.141 e. The molecule has 2 aromatic rings. The number of nitrogens with zero attached hydrogens (tertiary/aromatic N) is 3. The summed E-state index contributed by atoms with van der Waals surface area (Å²) in [7, 11) is 0. The summed E-state index contributed by atoms with van der Waals surface area (Å²) in [5, 5.41) is 7.24. The van der Waals surface area contributed by atoms with Gasteiger partial charge in [-0.05, 0) is 31.2 Å². The molecule has 0 saturated carbocycles. The maximum absolute atomic E-state index is 13.6. The van der Waals surface area contributed by atoms with E-state index in [1.54, 1.807) is 4.68 Å². The van der Waals surface area contributed by atoms with E-state index in [1.807, 2.05) is 0 Å². The lowest BCUT2D eigenvalue weighted by Crippen LogP contribution is -2.19. The molecule has 1 aromatic carbocycles. The third-order valence-corrected chi connectivity index (χ3v) is 2.73. The zero-order valence-corrected chi connectivity index (χ0v) is 10.7. The Morgan fingerprint density at radius 2 is 2.16 bits per heavy atom. The minimum Gasteiger partial charge on any atom is -0.310 e. The van der Waals surface area contributed by atoms with Crippen molar-refractivity contribution in [2.45, 2.75) is 26.4 Å². The number of benzene rings is 1. The summed E-state index contributed by atoms with van der Waals surface area (Å²) >= 11 is 0. The first kappa shape index (κ1) is 13.6. The van der Waals surface area contributed by atoms with Gasteiger partial charge in [0.25, 0.3) is 0 Å². The van der Waals surface area contributed by atoms with Gasteiger partial charge in [-0.25, -0.2) is 18.4 Å². The van der Waals surface area contributed by atoms with Crippen molar-refractivity contribution < 1.29 is 8.78 Å². The molecule has 0 bridgehead atoms. The molecule has 0 saturated heterocycles. The summed E-state index contributed by atoms with van der Waals surface area (Å²) < 4.78 is 28.2. The van der Waals surface area contributed by atoms with Crippen LogP contribution in [0.25, 0.3) is 0 Å². The summed E-state index contributed by atoms with van der Waals surface area (Å²) in [6, 6.07) is 3.40. The number of halogens is 2. The molecule has 0 aliphatic rings. The largest absolute Gasteiger partial charge is 0.310 e. The molecule has 0 amide bonds. The SMILES string of the molecule is CCCNCc1ncnn1Cc1cc(F)ccc1F. The van der Waals surface area contributed by atoms with E-state index < -0.39 is 11.6 Å². The van der Waals surface area contributed by atoms with E-state index in [0.717, 1.165) is 25.1 Å². The molecule has 102 valence electrons. The second kappa shape index (κ2) is 6.38. The highest BCUT2D eigenvalue weighted by Gasteiger charge is 2.09. The Balaban J connectivity index is 2.10. The van der Waals surface area contributed by atoms with E-state index in [1.165, 1.54) is 12.4 Å². The molecule has 0 aliphatic carbocycles. The third-order valence-electron chi connectivity index (χ3n) is 2.73. The van der Waals surface area contributed by atoms with Crippen molar-refractivity contribution in [3.05, 3.63) is 47.5 Å². The average molecular weight is 266 g/mol. The van der Waals surface area contributed by atoms with E-state index in [9.17, 15) is 8.78 Å². The minimum absolute atomic E-state index is 0.173. The molecular weight excluding hydrogens is 250 g/mol. The van der Waals surface area contributed by atoms with Crippen molar-refractivity contribution >= 4 is 0 Å². The normalized spacial score (nSPS) is 10.9. The molecule has 0 unspecified atom stereocenters. The first-order chi connectivity index (χ1) is 9.20. The van der Waals surface area contributed by atoms with Gasteiger partial charge in [0.1, 0.15) is 23.8 Å². The second-order valence-corrected chi connectivity index (χ2v) is 4.25. The first-order valence-corrected chi connectivity index (χ1v) is 6.22. The van der Waals surface area contributed by atoms with Crippen molar-refractivity contribution in [3.63, 3.8) is 0 Å². The highest BCUT2D eigenvalue weighted by Crippen LogP contribution is 2.11. The number of rotatable bonds is 6. The van der Waals surface area contributed by atoms with E-state index >= 15 is 0 Å². The van der Waals surface area contributed by atoms with Crippen LogP contribution in [0.5, 0.6) is 0 Å². The molecule has 0 spiro atoms. The van der Waals surface area contributed by atoms with Crippen molar-refractivity contribution in [3.8, 4) is 0 Å². The van der Waals surface area contributed by atoms with Crippen molar-refractivity contribution in [1.82, 2.24) is 20.1 Å². The van der Waals surface area contributed by atoms with Crippen molar-refractivity contribution in [2.75, 3.05) is 6.54 Å². The highest BCUT2D eigenvalue weighted by atomic mass is 19.1. The minimum atomic E-state index is -0.456. The Labute approximate surface area is 110 Å². The first-order valence-electron chi connectivity index (χ1n) is 6.22. The molecular formula is C13H16F2N4. The second-order valence-electron chi connectivity index (χ2n) is 4.25. The van der Waals surface area contributed by atoms with Gasteiger partial charge in [-0.1, -0.05) is 6.92 Å². The van der Waals surface area contributed by atoms with Gasteiger partial charge in [0.05, 0.1) is 13.1 Å². The van der Waals surface area contributed by atoms with E-state index in [0.29, 0.717) is 12.4 Å². The molecule has 2 rings (SSSR count). The van der Waals surface area contributed by atoms with Crippen LogP contribution in [0.4, 0.5) is 8.78 Å². The van der Waals surface area contributed by atoms with Crippen LogP contribution in [0.1, 0.15) is 24.7 Å². The van der Waals surface area contributed by atoms with Crippen LogP contribution in [0.3, 0.4) is 0 Å². The highest BCUT2D eigenvalue weighted by molar-refractivity contribution is 5.19. The van der Waals surface area contributed by atoms with E-state index in [4.69, 9.17) is 0 Å². The summed E-state index contributed by atoms with van der Waals surface area (Å²) in [5.41, 5.74) is 0.266. The van der Waals surface area contributed by atoms with Crippen LogP contribution in [-0.4, -0.2) is 21.3 Å². The topological polar surface area (TPSA) is 42.7 Å². The Morgan fingerprint density at radius 3 is 2.95 bits per heavy atom. The average Bonchev–Trinajstić information content (AvgIpc) is 2.82. The predicted octanol–water partition coefficient (Wildman–Crippen LogP) is 2.10. The maximum atomic E-state index is 13.6. The lowest BCUT2D eigenvalue weighted by molar-refractivity contribution is 0.545. The van der Waals surface area contributed by atoms with Crippen LogP contribution in [0.15, 0.2) is 24.5 Å². The van der Waals surface area contributed by atoms with Gasteiger partial charge < -0.3 is 5.32 Å². The van der Waals surface area contributed by atoms with Gasteiger partial charge in [0, 0.05) is 5.56 Å². The molecule has 0 atom stereocenters. The molecule has 1 aromatic heterocycles. The summed E-state index contributed by atoms with van der Waals surface area (Å²) in [4.78, 5) is 4.11. The molecule has 19 heavy (non-hydrogen) atoms. The summed E-state index contributed by atoms with van der Waals surface area (Å²) in [6.07, 6.45) is 2.44. The van der Waals surface area contributed by atoms with Crippen LogP contribution < -0.4 is 5.32 Å². The predicted molar refractivity (Wildman–Crippen MR) is 67.5 cm³/mol. The molecule has 0 fully saturated rings. The zero-order chi connectivity index (χ0) is 13.7. The fourth-order valence-corrected chi connectivity index (χ4v) is 1.76. The molecule has 1 N–H and O–H groups in total. The standard InChI is InChI=1S/C13H16F2N4/c1-2-5-16-7-13-17-9-18-19(13)8-10-6-11(14)3-4-12(10)15/h3-4,6,9,16H,2,5,7-8H2,1H3. The van der Waals surface area contributed by atoms with Crippen molar-refractivity contribution in [1.29, 1.82) is 0 Å². The van der Waals surface area contributed by atoms with E-state index in [2.05, 4.69) is 22.3 Å². The van der Waals surface area contributed by atoms with Crippen LogP contribution in [0, 0.1) is 11.6 Å². The fourth-order valence-electron chi connectivity index (χ4n) is 1.76. The van der Waals surface area contributed by atoms with Gasteiger partial charge in [-0.2, -0.15) is 5.10 Å². The number of nitrogens with one attached hydrogen (secondary N) is 1. The number of hydrogen-bond acceptors (Lipinski definition) is 3. The van der Waals surface area contributed by atoms with Crippen LogP contribution >= 0.6 is 0 Å².